The van der Waals surface area contributed by atoms with Crippen LogP contribution in [0.3, 0.4) is 0 Å². The van der Waals surface area contributed by atoms with Gasteiger partial charge in [-0.15, -0.1) is 0 Å². The Hall–Kier alpha value is -2.37. The number of amides is 1. The third-order valence-electron chi connectivity index (χ3n) is 4.84. The molecule has 0 atom stereocenters. The molecule has 1 fully saturated rings. The van der Waals surface area contributed by atoms with Crippen LogP contribution in [0.25, 0.3) is 0 Å². The molecule has 3 rings (SSSR count). The summed E-state index contributed by atoms with van der Waals surface area (Å²) < 4.78 is 11.3. The zero-order valence-electron chi connectivity index (χ0n) is 15.2. The molecular formula is C21H26N2O3. The third kappa shape index (κ3) is 4.62. The molecule has 0 aromatic heterocycles. The first-order valence-corrected chi connectivity index (χ1v) is 9.02. The van der Waals surface area contributed by atoms with Gasteiger partial charge in [0.05, 0.1) is 0 Å². The zero-order chi connectivity index (χ0) is 18.2. The van der Waals surface area contributed by atoms with Crippen molar-refractivity contribution in [1.82, 2.24) is 10.6 Å². The summed E-state index contributed by atoms with van der Waals surface area (Å²) in [6, 6.07) is 17.9. The predicted molar refractivity (Wildman–Crippen MR) is 101 cm³/mol. The third-order valence-corrected chi connectivity index (χ3v) is 4.84. The summed E-state index contributed by atoms with van der Waals surface area (Å²) in [6.07, 6.45) is 1.40. The van der Waals surface area contributed by atoms with Crippen molar-refractivity contribution >= 4 is 5.91 Å². The summed E-state index contributed by atoms with van der Waals surface area (Å²) >= 11 is 0. The van der Waals surface area contributed by atoms with Crippen molar-refractivity contribution in [1.29, 1.82) is 0 Å². The smallest absolute Gasteiger partial charge is 0.252 e. The average Bonchev–Trinajstić information content (AvgIpc) is 2.72. The van der Waals surface area contributed by atoms with Crippen molar-refractivity contribution in [3.8, 4) is 5.75 Å². The van der Waals surface area contributed by atoms with E-state index in [1.165, 1.54) is 0 Å². The first-order chi connectivity index (χ1) is 12.7. The second kappa shape index (κ2) is 8.83. The van der Waals surface area contributed by atoms with Gasteiger partial charge >= 0.3 is 0 Å². The Morgan fingerprint density at radius 3 is 2.35 bits per heavy atom. The first-order valence-electron chi connectivity index (χ1n) is 9.02. The second-order valence-electron chi connectivity index (χ2n) is 6.55. The number of hydrogen-bond donors (Lipinski definition) is 2. The lowest BCUT2D eigenvalue weighted by atomic mass is 9.91. The van der Waals surface area contributed by atoms with Gasteiger partial charge in [-0.1, -0.05) is 42.5 Å². The van der Waals surface area contributed by atoms with Crippen molar-refractivity contribution in [3.05, 3.63) is 65.7 Å². The molecule has 2 aromatic carbocycles. The molecule has 0 bridgehead atoms. The van der Waals surface area contributed by atoms with E-state index in [2.05, 4.69) is 10.6 Å². The zero-order valence-corrected chi connectivity index (χ0v) is 15.2. The van der Waals surface area contributed by atoms with Crippen molar-refractivity contribution in [2.45, 2.75) is 31.6 Å². The number of piperidine rings is 1. The van der Waals surface area contributed by atoms with Crippen LogP contribution < -0.4 is 15.4 Å². The maximum absolute atomic E-state index is 12.6. The van der Waals surface area contributed by atoms with Gasteiger partial charge in [-0.25, -0.2) is 0 Å². The molecular weight excluding hydrogens is 328 g/mol. The van der Waals surface area contributed by atoms with Crippen molar-refractivity contribution in [2.24, 2.45) is 0 Å². The molecule has 5 nitrogen and oxygen atoms in total. The van der Waals surface area contributed by atoms with Crippen molar-refractivity contribution in [3.63, 3.8) is 0 Å². The molecule has 0 spiro atoms. The van der Waals surface area contributed by atoms with E-state index in [1.54, 1.807) is 7.11 Å². The van der Waals surface area contributed by atoms with Crippen LogP contribution in [-0.2, 0) is 22.7 Å². The van der Waals surface area contributed by atoms with Gasteiger partial charge in [0.15, 0.2) is 0 Å². The van der Waals surface area contributed by atoms with Gasteiger partial charge < -0.3 is 20.1 Å². The summed E-state index contributed by atoms with van der Waals surface area (Å²) in [7, 11) is 1.62. The van der Waals surface area contributed by atoms with Gasteiger partial charge in [0.2, 0.25) is 0 Å². The second-order valence-corrected chi connectivity index (χ2v) is 6.55. The van der Waals surface area contributed by atoms with Crippen LogP contribution in [0, 0.1) is 0 Å². The fraction of sp³-hybridized carbons (Fsp3) is 0.381. The Morgan fingerprint density at radius 2 is 1.69 bits per heavy atom. The standard InChI is InChI=1S/C21H26N2O3/c1-25-21(11-13-22-14-12-21)20(24)23-15-17-7-9-18(10-8-17)16-26-19-5-3-2-4-6-19/h2-10,22H,11-16H2,1H3,(H,23,24). The summed E-state index contributed by atoms with van der Waals surface area (Å²) in [4.78, 5) is 12.6. The summed E-state index contributed by atoms with van der Waals surface area (Å²) in [6.45, 7) is 2.63. The highest BCUT2D eigenvalue weighted by molar-refractivity contribution is 5.85. The number of methoxy groups -OCH3 is 1. The summed E-state index contributed by atoms with van der Waals surface area (Å²) in [5.41, 5.74) is 1.45. The van der Waals surface area contributed by atoms with Crippen LogP contribution in [0.5, 0.6) is 5.75 Å². The maximum Gasteiger partial charge on any atom is 0.252 e. The molecule has 138 valence electrons. The number of ether oxygens (including phenoxy) is 2. The Kier molecular flexibility index (Phi) is 6.26. The summed E-state index contributed by atoms with van der Waals surface area (Å²) in [5, 5.41) is 6.28. The van der Waals surface area contributed by atoms with Crippen LogP contribution in [-0.4, -0.2) is 31.7 Å². The fourth-order valence-corrected chi connectivity index (χ4v) is 3.13. The molecule has 0 saturated carbocycles. The monoisotopic (exact) mass is 354 g/mol. The minimum Gasteiger partial charge on any atom is -0.489 e. The Labute approximate surface area is 154 Å². The Bertz CT molecular complexity index is 695. The number of benzene rings is 2. The molecule has 0 radical (unpaired) electrons. The van der Waals surface area contributed by atoms with Crippen LogP contribution in [0.15, 0.2) is 54.6 Å². The Morgan fingerprint density at radius 1 is 1.04 bits per heavy atom. The largest absolute Gasteiger partial charge is 0.489 e. The van der Waals surface area contributed by atoms with Gasteiger partial charge in [0.1, 0.15) is 18.0 Å². The molecule has 2 N–H and O–H groups in total. The Balaban J connectivity index is 1.50. The molecule has 1 aliphatic rings. The van der Waals surface area contributed by atoms with E-state index in [0.29, 0.717) is 26.0 Å². The number of nitrogens with one attached hydrogen (secondary N) is 2. The van der Waals surface area contributed by atoms with Gasteiger partial charge in [0, 0.05) is 13.7 Å². The molecule has 5 heteroatoms. The molecule has 1 saturated heterocycles. The lowest BCUT2D eigenvalue weighted by Gasteiger charge is -2.34. The predicted octanol–water partition coefficient (Wildman–Crippen LogP) is 2.65. The highest BCUT2D eigenvalue weighted by Gasteiger charge is 2.39. The minimum absolute atomic E-state index is 0.0296. The molecule has 1 heterocycles. The lowest BCUT2D eigenvalue weighted by Crippen LogP contribution is -2.53. The van der Waals surface area contributed by atoms with Crippen molar-refractivity contribution < 1.29 is 14.3 Å². The van der Waals surface area contributed by atoms with E-state index < -0.39 is 5.60 Å². The summed E-state index contributed by atoms with van der Waals surface area (Å²) in [5.74, 6) is 0.827. The van der Waals surface area contributed by atoms with E-state index in [4.69, 9.17) is 9.47 Å². The van der Waals surface area contributed by atoms with E-state index >= 15 is 0 Å². The van der Waals surface area contributed by atoms with Crippen LogP contribution in [0.2, 0.25) is 0 Å². The van der Waals surface area contributed by atoms with Crippen LogP contribution >= 0.6 is 0 Å². The normalized spacial score (nSPS) is 16.0. The number of hydrogen-bond acceptors (Lipinski definition) is 4. The molecule has 0 unspecified atom stereocenters. The molecule has 1 aliphatic heterocycles. The van der Waals surface area contributed by atoms with E-state index in [1.807, 2.05) is 54.6 Å². The quantitative estimate of drug-likeness (QED) is 0.803. The topological polar surface area (TPSA) is 59.6 Å². The maximum atomic E-state index is 12.6. The van der Waals surface area contributed by atoms with E-state index in [-0.39, 0.29) is 5.91 Å². The van der Waals surface area contributed by atoms with Gasteiger partial charge in [-0.3, -0.25) is 4.79 Å². The molecule has 2 aromatic rings. The molecule has 1 amide bonds. The van der Waals surface area contributed by atoms with Gasteiger partial charge in [-0.05, 0) is 49.2 Å². The number of carbonyl (C=O) groups excluding carboxylic acids is 1. The minimum atomic E-state index is -0.700. The van der Waals surface area contributed by atoms with E-state index in [0.717, 1.165) is 30.0 Å². The van der Waals surface area contributed by atoms with Gasteiger partial charge in [0.25, 0.3) is 5.91 Å². The fourth-order valence-electron chi connectivity index (χ4n) is 3.13. The highest BCUT2D eigenvalue weighted by Crippen LogP contribution is 2.22. The number of rotatable bonds is 7. The highest BCUT2D eigenvalue weighted by atomic mass is 16.5. The van der Waals surface area contributed by atoms with Crippen molar-refractivity contribution in [2.75, 3.05) is 20.2 Å². The molecule has 26 heavy (non-hydrogen) atoms. The van der Waals surface area contributed by atoms with Crippen LogP contribution in [0.4, 0.5) is 0 Å². The van der Waals surface area contributed by atoms with E-state index in [9.17, 15) is 4.79 Å². The number of para-hydroxylation sites is 1. The average molecular weight is 354 g/mol. The van der Waals surface area contributed by atoms with Gasteiger partial charge in [-0.2, -0.15) is 0 Å². The van der Waals surface area contributed by atoms with Crippen LogP contribution in [0.1, 0.15) is 24.0 Å². The molecule has 0 aliphatic carbocycles. The lowest BCUT2D eigenvalue weighted by molar-refractivity contribution is -0.146. The first kappa shape index (κ1) is 18.4. The number of carbonyl (C=O) groups is 1. The SMILES string of the molecule is COC1(C(=O)NCc2ccc(COc3ccccc3)cc2)CCNCC1.